The minimum Gasteiger partial charge on any atom is -0.466 e. The molecule has 3 aromatic carbocycles. The van der Waals surface area contributed by atoms with Crippen molar-refractivity contribution in [3.05, 3.63) is 77.9 Å². The molecule has 1 saturated heterocycles. The average Bonchev–Trinajstić information content (AvgIpc) is 3.34. The van der Waals surface area contributed by atoms with Gasteiger partial charge in [0.15, 0.2) is 0 Å². The number of sulfonamides is 1. The maximum absolute atomic E-state index is 14.2. The van der Waals surface area contributed by atoms with E-state index in [-0.39, 0.29) is 31.1 Å². The summed E-state index contributed by atoms with van der Waals surface area (Å²) < 4.78 is 45.8. The van der Waals surface area contributed by atoms with E-state index in [0.717, 1.165) is 20.6 Å². The van der Waals surface area contributed by atoms with Crippen LogP contribution in [0.5, 0.6) is 0 Å². The molecule has 0 radical (unpaired) electrons. The van der Waals surface area contributed by atoms with Gasteiger partial charge in [0.2, 0.25) is 10.0 Å². The predicted molar refractivity (Wildman–Crippen MR) is 170 cm³/mol. The van der Waals surface area contributed by atoms with Gasteiger partial charge >= 0.3 is 18.0 Å². The number of carbonyl (C=O) groups excluding carboxylic acids is 3. The van der Waals surface area contributed by atoms with Crippen LogP contribution in [0.2, 0.25) is 0 Å². The van der Waals surface area contributed by atoms with Gasteiger partial charge in [-0.1, -0.05) is 54.1 Å². The largest absolute Gasteiger partial charge is 0.466 e. The van der Waals surface area contributed by atoms with Crippen LogP contribution in [0.1, 0.15) is 58.2 Å². The van der Waals surface area contributed by atoms with E-state index in [1.165, 1.54) is 12.1 Å². The van der Waals surface area contributed by atoms with Crippen molar-refractivity contribution in [3.63, 3.8) is 0 Å². The van der Waals surface area contributed by atoms with Gasteiger partial charge in [0.1, 0.15) is 11.6 Å². The van der Waals surface area contributed by atoms with Crippen LogP contribution in [0.3, 0.4) is 0 Å². The third kappa shape index (κ3) is 8.01. The van der Waals surface area contributed by atoms with E-state index in [1.807, 2.05) is 49.4 Å². The first-order valence-corrected chi connectivity index (χ1v) is 16.6. The Kier molecular flexibility index (Phi) is 10.5. The smallest absolute Gasteiger partial charge is 0.408 e. The molecule has 0 aromatic heterocycles. The normalized spacial score (nSPS) is 19.6. The van der Waals surface area contributed by atoms with E-state index >= 15 is 0 Å². The van der Waals surface area contributed by atoms with Crippen molar-refractivity contribution in [3.8, 4) is 0 Å². The minimum absolute atomic E-state index is 0.000268. The maximum atomic E-state index is 14.2. The van der Waals surface area contributed by atoms with Gasteiger partial charge in [-0.2, -0.15) is 4.31 Å². The first-order valence-electron chi connectivity index (χ1n) is 15.1. The van der Waals surface area contributed by atoms with E-state index < -0.39 is 57.6 Å². The summed E-state index contributed by atoms with van der Waals surface area (Å²) in [6.07, 6.45) is -0.995. The van der Waals surface area contributed by atoms with Crippen LogP contribution >= 0.6 is 0 Å². The zero-order valence-electron chi connectivity index (χ0n) is 26.6. The lowest BCUT2D eigenvalue weighted by Gasteiger charge is -2.31. The molecule has 0 unspecified atom stereocenters. The Hall–Kier alpha value is -3.96. The van der Waals surface area contributed by atoms with Crippen LogP contribution in [-0.2, 0) is 33.8 Å². The summed E-state index contributed by atoms with van der Waals surface area (Å²) in [5.41, 5.74) is 0.718. The van der Waals surface area contributed by atoms with E-state index in [4.69, 9.17) is 14.2 Å². The molecule has 1 amide bonds. The molecule has 0 aliphatic carbocycles. The molecule has 242 valence electrons. The van der Waals surface area contributed by atoms with Crippen molar-refractivity contribution < 1.29 is 37.0 Å². The lowest BCUT2D eigenvalue weighted by molar-refractivity contribution is -0.150. The van der Waals surface area contributed by atoms with Crippen molar-refractivity contribution in [1.82, 2.24) is 9.62 Å². The molecular formula is C34H42N2O8S. The molecule has 4 rings (SSSR count). The van der Waals surface area contributed by atoms with Crippen LogP contribution in [0, 0.1) is 18.8 Å². The van der Waals surface area contributed by atoms with Gasteiger partial charge in [0, 0.05) is 18.4 Å². The number of amides is 1. The highest BCUT2D eigenvalue weighted by Gasteiger charge is 2.55. The summed E-state index contributed by atoms with van der Waals surface area (Å²) in [6, 6.07) is 17.5. The second-order valence-corrected chi connectivity index (χ2v) is 14.0. The summed E-state index contributed by atoms with van der Waals surface area (Å²) >= 11 is 0. The predicted octanol–water partition coefficient (Wildman–Crippen LogP) is 5.54. The second-order valence-electron chi connectivity index (χ2n) is 12.2. The Balaban J connectivity index is 1.89. The fraction of sp³-hybridized carbons (Fsp3) is 0.441. The number of ether oxygens (including phenoxy) is 3. The first-order chi connectivity index (χ1) is 21.2. The molecule has 45 heavy (non-hydrogen) atoms. The highest BCUT2D eigenvalue weighted by molar-refractivity contribution is 7.89. The fourth-order valence-electron chi connectivity index (χ4n) is 5.82. The van der Waals surface area contributed by atoms with Gasteiger partial charge in [-0.3, -0.25) is 9.59 Å². The quantitative estimate of drug-likeness (QED) is 0.227. The summed E-state index contributed by atoms with van der Waals surface area (Å²) in [6.45, 7) is 10.3. The average molecular weight is 639 g/mol. The Morgan fingerprint density at radius 3 is 2.20 bits per heavy atom. The number of hydrogen-bond acceptors (Lipinski definition) is 8. The number of carbonyl (C=O) groups is 3. The topological polar surface area (TPSA) is 128 Å². The molecule has 0 saturated carbocycles. The van der Waals surface area contributed by atoms with Crippen LogP contribution < -0.4 is 5.32 Å². The highest BCUT2D eigenvalue weighted by Crippen LogP contribution is 2.44. The Morgan fingerprint density at radius 1 is 0.933 bits per heavy atom. The Morgan fingerprint density at radius 2 is 1.58 bits per heavy atom. The number of hydrogen-bond donors (Lipinski definition) is 1. The molecule has 0 bridgehead atoms. The van der Waals surface area contributed by atoms with E-state index in [9.17, 15) is 22.8 Å². The summed E-state index contributed by atoms with van der Waals surface area (Å²) in [7, 11) is -4.25. The van der Waals surface area contributed by atoms with Crippen molar-refractivity contribution in [2.45, 2.75) is 70.5 Å². The number of esters is 2. The number of rotatable bonds is 10. The second kappa shape index (κ2) is 14.0. The van der Waals surface area contributed by atoms with Gasteiger partial charge in [-0.25, -0.2) is 13.2 Å². The number of benzene rings is 3. The molecule has 3 aromatic rings. The molecule has 0 spiro atoms. The first kappa shape index (κ1) is 33.9. The van der Waals surface area contributed by atoms with E-state index in [0.29, 0.717) is 5.56 Å². The lowest BCUT2D eigenvalue weighted by Crippen LogP contribution is -2.45. The summed E-state index contributed by atoms with van der Waals surface area (Å²) in [5, 5.41) is 4.83. The Bertz CT molecular complexity index is 1630. The Labute approximate surface area is 265 Å². The molecule has 1 aliphatic heterocycles. The third-order valence-corrected chi connectivity index (χ3v) is 9.61. The number of alkyl carbamates (subject to hydrolysis) is 1. The molecule has 11 heteroatoms. The summed E-state index contributed by atoms with van der Waals surface area (Å²) in [5.74, 6) is -3.03. The molecule has 1 N–H and O–H groups in total. The van der Waals surface area contributed by atoms with Gasteiger partial charge in [0.05, 0.1) is 30.6 Å². The van der Waals surface area contributed by atoms with Gasteiger partial charge < -0.3 is 19.5 Å². The van der Waals surface area contributed by atoms with Crippen molar-refractivity contribution in [2.24, 2.45) is 11.8 Å². The van der Waals surface area contributed by atoms with Crippen LogP contribution in [0.25, 0.3) is 10.8 Å². The van der Waals surface area contributed by atoms with Crippen molar-refractivity contribution >= 4 is 38.8 Å². The zero-order chi connectivity index (χ0) is 32.9. The summed E-state index contributed by atoms with van der Waals surface area (Å²) in [4.78, 5) is 40.0. The molecule has 1 heterocycles. The molecule has 1 fully saturated rings. The lowest BCUT2D eigenvalue weighted by atomic mass is 9.80. The van der Waals surface area contributed by atoms with E-state index in [2.05, 4.69) is 5.32 Å². The molecule has 10 nitrogen and oxygen atoms in total. The number of aryl methyl sites for hydroxylation is 1. The molecule has 4 atom stereocenters. The van der Waals surface area contributed by atoms with Crippen LogP contribution in [0.15, 0.2) is 71.6 Å². The maximum Gasteiger partial charge on any atom is 0.408 e. The number of fused-ring (bicyclic) bond motifs is 1. The zero-order valence-corrected chi connectivity index (χ0v) is 27.4. The van der Waals surface area contributed by atoms with E-state index in [1.54, 1.807) is 46.8 Å². The SMILES string of the molecule is CCOC(=O)C[C@@H]1[C@@H]([C@@H](NC(=O)OC(C)(C)C)c2ccc3ccccc3c2)CN(S(=O)(=O)c2ccc(C)cc2)[C@@H]1C(=O)OCC. The van der Waals surface area contributed by atoms with Crippen molar-refractivity contribution in [1.29, 1.82) is 0 Å². The third-order valence-electron chi connectivity index (χ3n) is 7.75. The van der Waals surface area contributed by atoms with Crippen LogP contribution in [-0.4, -0.2) is 62.2 Å². The fourth-order valence-corrected chi connectivity index (χ4v) is 7.48. The van der Waals surface area contributed by atoms with Gasteiger partial charge in [0.25, 0.3) is 0 Å². The number of nitrogens with one attached hydrogen (secondary N) is 1. The van der Waals surface area contributed by atoms with Gasteiger partial charge in [-0.15, -0.1) is 0 Å². The monoisotopic (exact) mass is 638 g/mol. The minimum atomic E-state index is -4.25. The molecular weight excluding hydrogens is 596 g/mol. The van der Waals surface area contributed by atoms with Gasteiger partial charge in [-0.05, 0) is 76.1 Å². The molecule has 1 aliphatic rings. The highest BCUT2D eigenvalue weighted by atomic mass is 32.2. The number of nitrogens with zero attached hydrogens (tertiary/aromatic N) is 1. The van der Waals surface area contributed by atoms with Crippen molar-refractivity contribution in [2.75, 3.05) is 19.8 Å². The standard InChI is InChI=1S/C34H42N2O8S/c1-7-42-29(37)20-27-28(21-36(31(27)32(38)43-8-2)45(40,41)26-17-13-22(3)14-18-26)30(35-33(39)44-34(4,5)6)25-16-15-23-11-9-10-12-24(23)19-25/h9-19,27-28,30-31H,7-8,20-21H2,1-6H3,(H,35,39)/t27-,28+,30+,31+/m1/s1. The van der Waals surface area contributed by atoms with Crippen LogP contribution in [0.4, 0.5) is 4.79 Å².